The fourth-order valence-electron chi connectivity index (χ4n) is 4.41. The molecule has 0 aliphatic carbocycles. The van der Waals surface area contributed by atoms with Gasteiger partial charge in [-0.15, -0.1) is 0 Å². The van der Waals surface area contributed by atoms with Crippen molar-refractivity contribution in [2.45, 2.75) is 45.2 Å². The highest BCUT2D eigenvalue weighted by molar-refractivity contribution is 5.95. The standard InChI is InChI=1S/C24H33N5O2/c1-18-7-12-22(31-18)21(28-13-3-4-14-28)17-27-24(25-2)26-16-19-8-10-20(11-9-19)29-15-5-6-23(29)30/h7-12,21H,3-6,13-17H2,1-2H3,(H2,25,26,27). The number of carbonyl (C=O) groups is 1. The van der Waals surface area contributed by atoms with Crippen molar-refractivity contribution >= 4 is 17.6 Å². The summed E-state index contributed by atoms with van der Waals surface area (Å²) in [5, 5.41) is 6.87. The SMILES string of the molecule is CN=C(NCc1ccc(N2CCCC2=O)cc1)NCC(c1ccc(C)o1)N1CCCC1. The Morgan fingerprint density at radius 1 is 1.06 bits per heavy atom. The van der Waals surface area contributed by atoms with E-state index < -0.39 is 0 Å². The maximum absolute atomic E-state index is 11.9. The van der Waals surface area contributed by atoms with E-state index in [4.69, 9.17) is 4.42 Å². The Kier molecular flexibility index (Phi) is 6.92. The van der Waals surface area contributed by atoms with Crippen molar-refractivity contribution in [3.05, 3.63) is 53.5 Å². The molecule has 31 heavy (non-hydrogen) atoms. The Bertz CT molecular complexity index is 899. The molecule has 7 heteroatoms. The van der Waals surface area contributed by atoms with Gasteiger partial charge in [-0.3, -0.25) is 14.7 Å². The summed E-state index contributed by atoms with van der Waals surface area (Å²) in [4.78, 5) is 20.7. The molecular formula is C24H33N5O2. The smallest absolute Gasteiger partial charge is 0.227 e. The lowest BCUT2D eigenvalue weighted by molar-refractivity contribution is -0.117. The zero-order valence-corrected chi connectivity index (χ0v) is 18.6. The van der Waals surface area contributed by atoms with E-state index in [1.54, 1.807) is 7.05 Å². The highest BCUT2D eigenvalue weighted by Gasteiger charge is 2.26. The van der Waals surface area contributed by atoms with Gasteiger partial charge in [-0.25, -0.2) is 0 Å². The molecule has 2 fully saturated rings. The lowest BCUT2D eigenvalue weighted by atomic mass is 10.2. The van der Waals surface area contributed by atoms with Crippen LogP contribution in [0.25, 0.3) is 0 Å². The van der Waals surface area contributed by atoms with Crippen LogP contribution in [0.3, 0.4) is 0 Å². The average Bonchev–Trinajstić information content (AvgIpc) is 3.54. The van der Waals surface area contributed by atoms with Crippen LogP contribution in [-0.2, 0) is 11.3 Å². The molecule has 1 atom stereocenters. The zero-order chi connectivity index (χ0) is 21.6. The Labute approximate surface area is 184 Å². The Morgan fingerprint density at radius 3 is 2.45 bits per heavy atom. The highest BCUT2D eigenvalue weighted by atomic mass is 16.3. The number of furan rings is 1. The van der Waals surface area contributed by atoms with E-state index in [0.29, 0.717) is 13.0 Å². The minimum absolute atomic E-state index is 0.201. The number of aryl methyl sites for hydroxylation is 1. The largest absolute Gasteiger partial charge is 0.465 e. The predicted octanol–water partition coefficient (Wildman–Crippen LogP) is 3.22. The molecule has 0 spiro atoms. The van der Waals surface area contributed by atoms with Gasteiger partial charge in [0.15, 0.2) is 5.96 Å². The van der Waals surface area contributed by atoms with Gasteiger partial charge in [0.05, 0.1) is 6.04 Å². The van der Waals surface area contributed by atoms with Gasteiger partial charge in [0.1, 0.15) is 11.5 Å². The van der Waals surface area contributed by atoms with Gasteiger partial charge < -0.3 is 20.0 Å². The number of benzene rings is 1. The normalized spacial score (nSPS) is 18.6. The Hall–Kier alpha value is -2.80. The molecule has 1 unspecified atom stereocenters. The molecule has 2 aliphatic rings. The van der Waals surface area contributed by atoms with E-state index in [-0.39, 0.29) is 11.9 Å². The third-order valence-corrected chi connectivity index (χ3v) is 6.14. The van der Waals surface area contributed by atoms with Gasteiger partial charge in [-0.1, -0.05) is 12.1 Å². The number of carbonyl (C=O) groups excluding carboxylic acids is 1. The third kappa shape index (κ3) is 5.28. The van der Waals surface area contributed by atoms with Crippen molar-refractivity contribution in [3.63, 3.8) is 0 Å². The minimum Gasteiger partial charge on any atom is -0.465 e. The van der Waals surface area contributed by atoms with Crippen LogP contribution in [0.4, 0.5) is 5.69 Å². The molecule has 166 valence electrons. The minimum atomic E-state index is 0.201. The van der Waals surface area contributed by atoms with Crippen molar-refractivity contribution in [2.75, 3.05) is 38.1 Å². The van der Waals surface area contributed by atoms with Crippen molar-refractivity contribution in [1.82, 2.24) is 15.5 Å². The van der Waals surface area contributed by atoms with E-state index in [2.05, 4.69) is 38.7 Å². The van der Waals surface area contributed by atoms with Crippen LogP contribution in [0.2, 0.25) is 0 Å². The predicted molar refractivity (Wildman–Crippen MR) is 123 cm³/mol. The molecular weight excluding hydrogens is 390 g/mol. The van der Waals surface area contributed by atoms with E-state index in [1.165, 1.54) is 12.8 Å². The number of amides is 1. The van der Waals surface area contributed by atoms with Crippen LogP contribution >= 0.6 is 0 Å². The molecule has 1 aromatic carbocycles. The van der Waals surface area contributed by atoms with Gasteiger partial charge in [-0.05, 0) is 69.1 Å². The van der Waals surface area contributed by atoms with Crippen LogP contribution in [-0.4, -0.2) is 50.0 Å². The van der Waals surface area contributed by atoms with Crippen molar-refractivity contribution in [2.24, 2.45) is 4.99 Å². The van der Waals surface area contributed by atoms with Crippen molar-refractivity contribution < 1.29 is 9.21 Å². The molecule has 7 nitrogen and oxygen atoms in total. The summed E-state index contributed by atoms with van der Waals surface area (Å²) in [6.45, 7) is 6.42. The monoisotopic (exact) mass is 423 g/mol. The van der Waals surface area contributed by atoms with Gasteiger partial charge in [0.2, 0.25) is 5.91 Å². The third-order valence-electron chi connectivity index (χ3n) is 6.14. The van der Waals surface area contributed by atoms with E-state index in [0.717, 1.165) is 61.3 Å². The summed E-state index contributed by atoms with van der Waals surface area (Å²) in [6, 6.07) is 12.5. The second-order valence-corrected chi connectivity index (χ2v) is 8.33. The number of aliphatic imine (C=N–C) groups is 1. The van der Waals surface area contributed by atoms with Crippen LogP contribution in [0, 0.1) is 6.92 Å². The number of hydrogen-bond donors (Lipinski definition) is 2. The number of anilines is 1. The fourth-order valence-corrected chi connectivity index (χ4v) is 4.41. The number of rotatable bonds is 7. The maximum atomic E-state index is 11.9. The molecule has 2 aliphatic heterocycles. The Balaban J connectivity index is 1.32. The first-order chi connectivity index (χ1) is 15.1. The second-order valence-electron chi connectivity index (χ2n) is 8.33. The lowest BCUT2D eigenvalue weighted by Gasteiger charge is -2.26. The van der Waals surface area contributed by atoms with Gasteiger partial charge in [0.25, 0.3) is 0 Å². The molecule has 2 saturated heterocycles. The molecule has 1 amide bonds. The summed E-state index contributed by atoms with van der Waals surface area (Å²) in [5.74, 6) is 2.94. The first kappa shape index (κ1) is 21.4. The molecule has 0 bridgehead atoms. The van der Waals surface area contributed by atoms with Crippen molar-refractivity contribution in [1.29, 1.82) is 0 Å². The molecule has 0 radical (unpaired) electrons. The van der Waals surface area contributed by atoms with Gasteiger partial charge in [-0.2, -0.15) is 0 Å². The van der Waals surface area contributed by atoms with Crippen LogP contribution < -0.4 is 15.5 Å². The number of hydrogen-bond acceptors (Lipinski definition) is 4. The maximum Gasteiger partial charge on any atom is 0.227 e. The summed E-state index contributed by atoms with van der Waals surface area (Å²) in [6.07, 6.45) is 4.08. The van der Waals surface area contributed by atoms with E-state index in [1.807, 2.05) is 30.0 Å². The molecule has 2 N–H and O–H groups in total. The molecule has 2 aromatic rings. The van der Waals surface area contributed by atoms with E-state index >= 15 is 0 Å². The molecule has 1 aromatic heterocycles. The number of guanidine groups is 1. The second kappa shape index (κ2) is 10.0. The topological polar surface area (TPSA) is 73.1 Å². The van der Waals surface area contributed by atoms with Crippen LogP contribution in [0.15, 0.2) is 45.8 Å². The highest BCUT2D eigenvalue weighted by Crippen LogP contribution is 2.26. The number of nitrogens with one attached hydrogen (secondary N) is 2. The zero-order valence-electron chi connectivity index (χ0n) is 18.6. The average molecular weight is 424 g/mol. The summed E-state index contributed by atoms with van der Waals surface area (Å²) in [5.41, 5.74) is 2.13. The number of nitrogens with zero attached hydrogens (tertiary/aromatic N) is 3. The molecule has 3 heterocycles. The first-order valence-corrected chi connectivity index (χ1v) is 11.3. The molecule has 0 saturated carbocycles. The van der Waals surface area contributed by atoms with Crippen LogP contribution in [0.1, 0.15) is 48.8 Å². The first-order valence-electron chi connectivity index (χ1n) is 11.3. The van der Waals surface area contributed by atoms with Crippen LogP contribution in [0.5, 0.6) is 0 Å². The van der Waals surface area contributed by atoms with E-state index in [9.17, 15) is 4.79 Å². The van der Waals surface area contributed by atoms with Gasteiger partial charge in [0, 0.05) is 38.8 Å². The fraction of sp³-hybridized carbons (Fsp3) is 0.500. The van der Waals surface area contributed by atoms with Gasteiger partial charge >= 0.3 is 0 Å². The molecule has 4 rings (SSSR count). The quantitative estimate of drug-likeness (QED) is 0.528. The lowest BCUT2D eigenvalue weighted by Crippen LogP contribution is -2.42. The summed E-state index contributed by atoms with van der Waals surface area (Å²) < 4.78 is 5.94. The Morgan fingerprint density at radius 2 is 1.84 bits per heavy atom. The number of likely N-dealkylation sites (tertiary alicyclic amines) is 1. The summed E-state index contributed by atoms with van der Waals surface area (Å²) in [7, 11) is 1.79. The van der Waals surface area contributed by atoms with Crippen molar-refractivity contribution in [3.8, 4) is 0 Å². The summed E-state index contributed by atoms with van der Waals surface area (Å²) >= 11 is 0.